The van der Waals surface area contributed by atoms with Crippen LogP contribution in [-0.4, -0.2) is 16.1 Å². The molecule has 0 radical (unpaired) electrons. The minimum Gasteiger partial charge on any atom is -0.457 e. The Kier molecular flexibility index (Phi) is 6.41. The van der Waals surface area contributed by atoms with Gasteiger partial charge in [0.2, 0.25) is 5.13 Å². The molecule has 3 aromatic carbocycles. The SMILES string of the molecule is Cc1cccc(Oc2ccc(C(=O)Nc3nnc(SCc4ccccc4)s3)cc2)c1. The molecular weight excluding hydrogens is 414 g/mol. The molecule has 0 unspecified atom stereocenters. The Bertz CT molecular complexity index is 1130. The van der Waals surface area contributed by atoms with E-state index in [2.05, 4.69) is 27.6 Å². The normalized spacial score (nSPS) is 10.6. The van der Waals surface area contributed by atoms with Gasteiger partial charge in [-0.2, -0.15) is 0 Å². The molecular formula is C23H19N3O2S2. The highest BCUT2D eigenvalue weighted by Gasteiger charge is 2.11. The van der Waals surface area contributed by atoms with Gasteiger partial charge >= 0.3 is 0 Å². The van der Waals surface area contributed by atoms with Crippen LogP contribution in [-0.2, 0) is 5.75 Å². The van der Waals surface area contributed by atoms with E-state index in [0.717, 1.165) is 21.4 Å². The van der Waals surface area contributed by atoms with Gasteiger partial charge in [0.1, 0.15) is 11.5 Å². The predicted octanol–water partition coefficient (Wildman–Crippen LogP) is 6.18. The summed E-state index contributed by atoms with van der Waals surface area (Å²) in [6.07, 6.45) is 0. The lowest BCUT2D eigenvalue weighted by molar-refractivity contribution is 0.102. The molecule has 1 heterocycles. The number of aromatic nitrogens is 2. The lowest BCUT2D eigenvalue weighted by atomic mass is 10.2. The minimum absolute atomic E-state index is 0.229. The van der Waals surface area contributed by atoms with Crippen molar-refractivity contribution in [3.63, 3.8) is 0 Å². The molecule has 1 N–H and O–H groups in total. The van der Waals surface area contributed by atoms with Crippen LogP contribution in [0.1, 0.15) is 21.5 Å². The van der Waals surface area contributed by atoms with E-state index in [1.54, 1.807) is 36.0 Å². The van der Waals surface area contributed by atoms with Crippen molar-refractivity contribution >= 4 is 34.1 Å². The van der Waals surface area contributed by atoms with Crippen LogP contribution in [0.2, 0.25) is 0 Å². The Morgan fingerprint density at radius 3 is 2.53 bits per heavy atom. The molecule has 0 saturated heterocycles. The van der Waals surface area contributed by atoms with Gasteiger partial charge in [-0.1, -0.05) is 65.6 Å². The summed E-state index contributed by atoms with van der Waals surface area (Å²) in [7, 11) is 0. The monoisotopic (exact) mass is 433 g/mol. The Balaban J connectivity index is 1.33. The van der Waals surface area contributed by atoms with E-state index < -0.39 is 0 Å². The maximum atomic E-state index is 12.5. The lowest BCUT2D eigenvalue weighted by Gasteiger charge is -2.07. The molecule has 0 aliphatic carbocycles. The second-order valence-electron chi connectivity index (χ2n) is 6.54. The number of amides is 1. The molecule has 0 aliphatic heterocycles. The molecule has 150 valence electrons. The first-order chi connectivity index (χ1) is 14.7. The third-order valence-corrected chi connectivity index (χ3v) is 6.22. The highest BCUT2D eigenvalue weighted by molar-refractivity contribution is 8.00. The Morgan fingerprint density at radius 1 is 0.967 bits per heavy atom. The van der Waals surface area contributed by atoms with Gasteiger partial charge in [0.05, 0.1) is 0 Å². The Morgan fingerprint density at radius 2 is 1.77 bits per heavy atom. The topological polar surface area (TPSA) is 64.1 Å². The van der Waals surface area contributed by atoms with Crippen LogP contribution in [0.15, 0.2) is 83.2 Å². The molecule has 0 fully saturated rings. The first-order valence-electron chi connectivity index (χ1n) is 9.32. The first-order valence-corrected chi connectivity index (χ1v) is 11.1. The van der Waals surface area contributed by atoms with Gasteiger partial charge in [-0.25, -0.2) is 0 Å². The second-order valence-corrected chi connectivity index (χ2v) is 8.74. The van der Waals surface area contributed by atoms with Gasteiger partial charge in [0.15, 0.2) is 4.34 Å². The second kappa shape index (κ2) is 9.56. The van der Waals surface area contributed by atoms with E-state index in [1.807, 2.05) is 49.4 Å². The summed E-state index contributed by atoms with van der Waals surface area (Å²) in [5.74, 6) is 2.02. The molecule has 0 bridgehead atoms. The number of ether oxygens (including phenoxy) is 1. The lowest BCUT2D eigenvalue weighted by Crippen LogP contribution is -2.11. The van der Waals surface area contributed by atoms with Gasteiger partial charge in [0, 0.05) is 11.3 Å². The fourth-order valence-corrected chi connectivity index (χ4v) is 4.40. The summed E-state index contributed by atoms with van der Waals surface area (Å²) in [5.41, 5.74) is 2.87. The van der Waals surface area contributed by atoms with E-state index in [0.29, 0.717) is 16.4 Å². The van der Waals surface area contributed by atoms with Crippen LogP contribution in [0.5, 0.6) is 11.5 Å². The summed E-state index contributed by atoms with van der Waals surface area (Å²) in [5, 5.41) is 11.5. The fourth-order valence-electron chi connectivity index (χ4n) is 2.70. The van der Waals surface area contributed by atoms with Gasteiger partial charge in [-0.3, -0.25) is 10.1 Å². The van der Waals surface area contributed by atoms with E-state index in [-0.39, 0.29) is 5.91 Å². The number of rotatable bonds is 7. The van der Waals surface area contributed by atoms with Crippen LogP contribution in [0.4, 0.5) is 5.13 Å². The highest BCUT2D eigenvalue weighted by Crippen LogP contribution is 2.28. The molecule has 0 atom stereocenters. The van der Waals surface area contributed by atoms with Crippen molar-refractivity contribution in [1.29, 1.82) is 0 Å². The quantitative estimate of drug-likeness (QED) is 0.278. The summed E-state index contributed by atoms with van der Waals surface area (Å²) < 4.78 is 6.64. The van der Waals surface area contributed by atoms with E-state index in [1.165, 1.54) is 16.9 Å². The number of hydrogen-bond acceptors (Lipinski definition) is 6. The molecule has 4 aromatic rings. The number of carbonyl (C=O) groups excluding carboxylic acids is 1. The number of nitrogens with zero attached hydrogens (tertiary/aromatic N) is 2. The maximum absolute atomic E-state index is 12.5. The van der Waals surface area contributed by atoms with E-state index >= 15 is 0 Å². The van der Waals surface area contributed by atoms with E-state index in [9.17, 15) is 4.79 Å². The molecule has 5 nitrogen and oxygen atoms in total. The molecule has 4 rings (SSSR count). The van der Waals surface area contributed by atoms with Crippen molar-refractivity contribution in [2.45, 2.75) is 17.0 Å². The minimum atomic E-state index is -0.229. The Labute approximate surface area is 183 Å². The standard InChI is InChI=1S/C23H19N3O2S2/c1-16-6-5-9-20(14-16)28-19-12-10-18(11-13-19)21(27)24-22-25-26-23(30-22)29-15-17-7-3-2-4-8-17/h2-14H,15H2,1H3,(H,24,25,27). The fraction of sp³-hybridized carbons (Fsp3) is 0.0870. The molecule has 1 aromatic heterocycles. The van der Waals surface area contributed by atoms with Crippen LogP contribution < -0.4 is 10.1 Å². The van der Waals surface area contributed by atoms with Crippen molar-refractivity contribution in [3.05, 3.63) is 95.6 Å². The first kappa shape index (κ1) is 20.1. The third kappa shape index (κ3) is 5.46. The van der Waals surface area contributed by atoms with Crippen LogP contribution in [0.3, 0.4) is 0 Å². The zero-order valence-electron chi connectivity index (χ0n) is 16.2. The van der Waals surface area contributed by atoms with Crippen LogP contribution in [0, 0.1) is 6.92 Å². The molecule has 1 amide bonds. The van der Waals surface area contributed by atoms with Gasteiger partial charge in [0.25, 0.3) is 5.91 Å². The summed E-state index contributed by atoms with van der Waals surface area (Å²) >= 11 is 2.96. The third-order valence-electron chi connectivity index (χ3n) is 4.17. The van der Waals surface area contributed by atoms with Gasteiger partial charge in [-0.05, 0) is 54.4 Å². The molecule has 7 heteroatoms. The zero-order chi connectivity index (χ0) is 20.8. The highest BCUT2D eigenvalue weighted by atomic mass is 32.2. The number of thioether (sulfide) groups is 1. The number of nitrogens with one attached hydrogen (secondary N) is 1. The molecule has 0 spiro atoms. The summed E-state index contributed by atoms with van der Waals surface area (Å²) in [6, 6.07) is 25.0. The number of hydrogen-bond donors (Lipinski definition) is 1. The van der Waals surface area contributed by atoms with Gasteiger partial charge in [-0.15, -0.1) is 10.2 Å². The van der Waals surface area contributed by atoms with Crippen LogP contribution >= 0.6 is 23.1 Å². The summed E-state index contributed by atoms with van der Waals surface area (Å²) in [4.78, 5) is 12.5. The van der Waals surface area contributed by atoms with E-state index in [4.69, 9.17) is 4.74 Å². The largest absolute Gasteiger partial charge is 0.457 e. The smallest absolute Gasteiger partial charge is 0.257 e. The number of anilines is 1. The number of benzene rings is 3. The zero-order valence-corrected chi connectivity index (χ0v) is 17.9. The summed E-state index contributed by atoms with van der Waals surface area (Å²) in [6.45, 7) is 2.01. The molecule has 0 aliphatic rings. The molecule has 0 saturated carbocycles. The van der Waals surface area contributed by atoms with Crippen molar-refractivity contribution < 1.29 is 9.53 Å². The van der Waals surface area contributed by atoms with Crippen molar-refractivity contribution in [2.24, 2.45) is 0 Å². The van der Waals surface area contributed by atoms with Crippen molar-refractivity contribution in [1.82, 2.24) is 10.2 Å². The molecule has 30 heavy (non-hydrogen) atoms. The predicted molar refractivity (Wildman–Crippen MR) is 122 cm³/mol. The average Bonchev–Trinajstić information content (AvgIpc) is 3.21. The van der Waals surface area contributed by atoms with Crippen LogP contribution in [0.25, 0.3) is 0 Å². The van der Waals surface area contributed by atoms with Crippen molar-refractivity contribution in [2.75, 3.05) is 5.32 Å². The Hall–Kier alpha value is -3.16. The van der Waals surface area contributed by atoms with Crippen molar-refractivity contribution in [3.8, 4) is 11.5 Å². The average molecular weight is 434 g/mol. The number of carbonyl (C=O) groups is 1. The van der Waals surface area contributed by atoms with Gasteiger partial charge < -0.3 is 4.74 Å². The number of aryl methyl sites for hydroxylation is 1. The maximum Gasteiger partial charge on any atom is 0.257 e.